The molecule has 3 N–H and O–H groups in total. The Morgan fingerprint density at radius 1 is 1.14 bits per heavy atom. The minimum absolute atomic E-state index is 0.322. The molecule has 4 nitrogen and oxygen atoms in total. The first kappa shape index (κ1) is 16.5. The van der Waals surface area contributed by atoms with Gasteiger partial charge >= 0.3 is 0 Å². The summed E-state index contributed by atoms with van der Waals surface area (Å²) in [7, 11) is -3.49. The van der Waals surface area contributed by atoms with E-state index in [-0.39, 0.29) is 0 Å². The second-order valence-electron chi connectivity index (χ2n) is 6.37. The van der Waals surface area contributed by atoms with Gasteiger partial charge in [0.2, 0.25) is 10.0 Å². The molecular weight excluding hydrogens is 284 g/mol. The molecule has 118 valence electrons. The summed E-state index contributed by atoms with van der Waals surface area (Å²) in [6.07, 6.45) is 6.35. The fourth-order valence-electron chi connectivity index (χ4n) is 3.03. The average molecular weight is 310 g/mol. The first-order chi connectivity index (χ1) is 9.82. The topological polar surface area (TPSA) is 72.2 Å². The van der Waals surface area contributed by atoms with Crippen molar-refractivity contribution in [1.29, 1.82) is 0 Å². The van der Waals surface area contributed by atoms with Gasteiger partial charge in [-0.1, -0.05) is 43.4 Å². The molecule has 0 bridgehead atoms. The predicted molar refractivity (Wildman–Crippen MR) is 85.7 cm³/mol. The molecule has 1 fully saturated rings. The molecule has 0 heterocycles. The summed E-state index contributed by atoms with van der Waals surface area (Å²) >= 11 is 0. The van der Waals surface area contributed by atoms with Crippen molar-refractivity contribution in [3.63, 3.8) is 0 Å². The molecule has 5 heteroatoms. The van der Waals surface area contributed by atoms with E-state index < -0.39 is 15.6 Å². The molecule has 0 amide bonds. The van der Waals surface area contributed by atoms with Gasteiger partial charge in [0.1, 0.15) is 0 Å². The maximum Gasteiger partial charge on any atom is 0.240 e. The second kappa shape index (κ2) is 6.46. The van der Waals surface area contributed by atoms with Crippen LogP contribution in [-0.4, -0.2) is 20.5 Å². The van der Waals surface area contributed by atoms with Crippen LogP contribution in [0.25, 0.3) is 0 Å². The number of hydrogen-bond acceptors (Lipinski definition) is 3. The Kier molecular flexibility index (Phi) is 5.07. The number of nitrogens with one attached hydrogen (secondary N) is 1. The molecule has 0 aliphatic heterocycles. The molecule has 0 saturated heterocycles. The zero-order chi connectivity index (χ0) is 15.5. The van der Waals surface area contributed by atoms with Crippen molar-refractivity contribution < 1.29 is 8.42 Å². The van der Waals surface area contributed by atoms with Crippen molar-refractivity contribution in [2.75, 3.05) is 6.54 Å². The van der Waals surface area contributed by atoms with Crippen LogP contribution >= 0.6 is 0 Å². The Morgan fingerprint density at radius 3 is 2.33 bits per heavy atom. The van der Waals surface area contributed by atoms with Gasteiger partial charge in [-0.15, -0.1) is 0 Å². The van der Waals surface area contributed by atoms with Crippen LogP contribution in [0.4, 0.5) is 0 Å². The number of hydrogen-bond donors (Lipinski definition) is 2. The fraction of sp³-hybridized carbons (Fsp3) is 0.625. The molecule has 1 aromatic rings. The van der Waals surface area contributed by atoms with E-state index in [0.29, 0.717) is 11.4 Å². The third-order valence-corrected chi connectivity index (χ3v) is 5.90. The lowest BCUT2D eigenvalue weighted by Gasteiger charge is -2.28. The number of nitrogens with two attached hydrogens (primary N) is 1. The Bertz CT molecular complexity index is 588. The van der Waals surface area contributed by atoms with E-state index in [1.54, 1.807) is 6.07 Å². The Morgan fingerprint density at radius 2 is 1.76 bits per heavy atom. The van der Waals surface area contributed by atoms with Crippen LogP contribution in [0.1, 0.15) is 49.7 Å². The lowest BCUT2D eigenvalue weighted by atomic mass is 9.92. The number of benzene rings is 1. The van der Waals surface area contributed by atoms with Gasteiger partial charge in [0, 0.05) is 12.1 Å². The van der Waals surface area contributed by atoms with Gasteiger partial charge in [-0.05, 0) is 38.3 Å². The minimum Gasteiger partial charge on any atom is -0.324 e. The Hall–Kier alpha value is -0.910. The summed E-state index contributed by atoms with van der Waals surface area (Å²) in [6.45, 7) is 4.10. The third kappa shape index (κ3) is 4.28. The van der Waals surface area contributed by atoms with E-state index in [0.717, 1.165) is 36.8 Å². The van der Waals surface area contributed by atoms with Crippen molar-refractivity contribution in [2.24, 2.45) is 5.73 Å². The SMILES string of the molecule is Cc1ccc(S(=O)(=O)NCC2(N)CCCCCC2)c(C)c1. The molecule has 0 atom stereocenters. The van der Waals surface area contributed by atoms with E-state index >= 15 is 0 Å². The second-order valence-corrected chi connectivity index (χ2v) is 8.11. The lowest BCUT2D eigenvalue weighted by Crippen LogP contribution is -2.49. The molecule has 0 unspecified atom stereocenters. The van der Waals surface area contributed by atoms with Crippen molar-refractivity contribution in [3.8, 4) is 0 Å². The molecule has 1 aromatic carbocycles. The van der Waals surface area contributed by atoms with E-state index in [1.807, 2.05) is 26.0 Å². The van der Waals surface area contributed by atoms with Crippen LogP contribution in [0.3, 0.4) is 0 Å². The van der Waals surface area contributed by atoms with Crippen LogP contribution in [0.15, 0.2) is 23.1 Å². The van der Waals surface area contributed by atoms with Crippen LogP contribution in [0, 0.1) is 13.8 Å². The van der Waals surface area contributed by atoms with Crippen molar-refractivity contribution in [3.05, 3.63) is 29.3 Å². The first-order valence-corrected chi connectivity index (χ1v) is 9.17. The minimum atomic E-state index is -3.49. The monoisotopic (exact) mass is 310 g/mol. The molecular formula is C16H26N2O2S. The van der Waals surface area contributed by atoms with Gasteiger partial charge in [-0.2, -0.15) is 0 Å². The largest absolute Gasteiger partial charge is 0.324 e. The van der Waals surface area contributed by atoms with Gasteiger partial charge < -0.3 is 5.73 Å². The smallest absolute Gasteiger partial charge is 0.240 e. The average Bonchev–Trinajstić information content (AvgIpc) is 2.62. The highest BCUT2D eigenvalue weighted by Gasteiger charge is 2.28. The molecule has 1 saturated carbocycles. The molecule has 0 aromatic heterocycles. The highest BCUT2D eigenvalue weighted by atomic mass is 32.2. The highest BCUT2D eigenvalue weighted by Crippen LogP contribution is 2.25. The summed E-state index contributed by atoms with van der Waals surface area (Å²) in [5, 5.41) is 0. The lowest BCUT2D eigenvalue weighted by molar-refractivity contribution is 0.369. The first-order valence-electron chi connectivity index (χ1n) is 7.68. The molecule has 0 radical (unpaired) electrons. The zero-order valence-corrected chi connectivity index (χ0v) is 13.8. The van der Waals surface area contributed by atoms with E-state index in [1.165, 1.54) is 12.8 Å². The molecule has 1 aliphatic rings. The van der Waals surface area contributed by atoms with Crippen molar-refractivity contribution in [2.45, 2.75) is 62.8 Å². The summed E-state index contributed by atoms with van der Waals surface area (Å²) in [4.78, 5) is 0.352. The van der Waals surface area contributed by atoms with Crippen LogP contribution in [-0.2, 0) is 10.0 Å². The molecule has 21 heavy (non-hydrogen) atoms. The maximum absolute atomic E-state index is 12.5. The Balaban J connectivity index is 2.10. The van der Waals surface area contributed by atoms with Gasteiger partial charge in [0.25, 0.3) is 0 Å². The predicted octanol–water partition coefficient (Wildman–Crippen LogP) is 2.63. The van der Waals surface area contributed by atoms with E-state index in [2.05, 4.69) is 4.72 Å². The van der Waals surface area contributed by atoms with Crippen molar-refractivity contribution in [1.82, 2.24) is 4.72 Å². The zero-order valence-electron chi connectivity index (χ0n) is 13.0. The fourth-order valence-corrected chi connectivity index (χ4v) is 4.39. The van der Waals surface area contributed by atoms with Gasteiger partial charge in [-0.25, -0.2) is 13.1 Å². The van der Waals surface area contributed by atoms with Crippen LogP contribution in [0.2, 0.25) is 0 Å². The van der Waals surface area contributed by atoms with Crippen LogP contribution in [0.5, 0.6) is 0 Å². The third-order valence-electron chi connectivity index (χ3n) is 4.33. The highest BCUT2D eigenvalue weighted by molar-refractivity contribution is 7.89. The Labute approximate surface area is 128 Å². The van der Waals surface area contributed by atoms with E-state index in [4.69, 9.17) is 5.73 Å². The molecule has 2 rings (SSSR count). The van der Waals surface area contributed by atoms with Gasteiger partial charge in [-0.3, -0.25) is 0 Å². The van der Waals surface area contributed by atoms with Crippen molar-refractivity contribution >= 4 is 10.0 Å². The normalized spacial score (nSPS) is 19.2. The maximum atomic E-state index is 12.5. The summed E-state index contributed by atoms with van der Waals surface area (Å²) in [5.74, 6) is 0. The van der Waals surface area contributed by atoms with Crippen LogP contribution < -0.4 is 10.5 Å². The number of sulfonamides is 1. The number of aryl methyl sites for hydroxylation is 2. The number of rotatable bonds is 4. The molecule has 0 spiro atoms. The molecule has 1 aliphatic carbocycles. The van der Waals surface area contributed by atoms with Gasteiger partial charge in [0.15, 0.2) is 0 Å². The van der Waals surface area contributed by atoms with E-state index in [9.17, 15) is 8.42 Å². The van der Waals surface area contributed by atoms with Gasteiger partial charge in [0.05, 0.1) is 4.90 Å². The summed E-state index contributed by atoms with van der Waals surface area (Å²) in [5.41, 5.74) is 7.81. The standard InChI is InChI=1S/C16H26N2O2S/c1-13-7-8-15(14(2)11-13)21(19,20)18-12-16(17)9-5-3-4-6-10-16/h7-8,11,18H,3-6,9-10,12,17H2,1-2H3. The summed E-state index contributed by atoms with van der Waals surface area (Å²) in [6, 6.07) is 5.38. The summed E-state index contributed by atoms with van der Waals surface area (Å²) < 4.78 is 27.7. The quantitative estimate of drug-likeness (QED) is 0.840.